The quantitative estimate of drug-likeness (QED) is 0.667. The second-order valence-electron chi connectivity index (χ2n) is 6.75. The second-order valence-corrected chi connectivity index (χ2v) is 8.83. The molecule has 7 heteroatoms. The lowest BCUT2D eigenvalue weighted by molar-refractivity contribution is -0.121. The molecule has 0 unspecified atom stereocenters. The van der Waals surface area contributed by atoms with Crippen LogP contribution in [0.2, 0.25) is 0 Å². The maximum absolute atomic E-state index is 12.4. The Labute approximate surface area is 157 Å². The molecule has 1 saturated heterocycles. The number of amides is 1. The normalized spacial score (nSPS) is 16.5. The van der Waals surface area contributed by atoms with Crippen molar-refractivity contribution in [2.45, 2.75) is 32.6 Å². The van der Waals surface area contributed by atoms with Crippen molar-refractivity contribution in [3.8, 4) is 0 Å². The average molecular weight is 382 g/mol. The molecule has 0 bridgehead atoms. The lowest BCUT2D eigenvalue weighted by Gasteiger charge is -2.34. The fraction of sp³-hybridized carbons (Fsp3) is 0.632. The third kappa shape index (κ3) is 7.05. The molecule has 2 rings (SSSR count). The van der Waals surface area contributed by atoms with Gasteiger partial charge in [0.2, 0.25) is 15.9 Å². The topological polar surface area (TPSA) is 69.7 Å². The van der Waals surface area contributed by atoms with Gasteiger partial charge in [0.1, 0.15) is 0 Å². The standard InChI is InChI=1S/C19H31N3O3S/c1-2-3-9-19(23)20-11-17-26(24,25)22-15-13-21(14-16-22)12-10-18-7-5-4-6-8-18/h4-8H,2-3,9-17H2,1H3,(H,20,23). The summed E-state index contributed by atoms with van der Waals surface area (Å²) in [5.74, 6) is -0.0812. The van der Waals surface area contributed by atoms with E-state index in [1.54, 1.807) is 4.31 Å². The maximum atomic E-state index is 12.4. The number of carbonyl (C=O) groups excluding carboxylic acids is 1. The predicted octanol–water partition coefficient (Wildman–Crippen LogP) is 1.48. The third-order valence-corrected chi connectivity index (χ3v) is 6.60. The highest BCUT2D eigenvalue weighted by Gasteiger charge is 2.26. The largest absolute Gasteiger partial charge is 0.355 e. The fourth-order valence-electron chi connectivity index (χ4n) is 3.04. The Morgan fingerprint density at radius 2 is 1.81 bits per heavy atom. The molecule has 1 aromatic rings. The minimum atomic E-state index is -3.30. The van der Waals surface area contributed by atoms with Crippen LogP contribution in [-0.2, 0) is 21.2 Å². The molecule has 1 aliphatic rings. The highest BCUT2D eigenvalue weighted by atomic mass is 32.2. The lowest BCUT2D eigenvalue weighted by atomic mass is 10.1. The van der Waals surface area contributed by atoms with Crippen molar-refractivity contribution >= 4 is 15.9 Å². The maximum Gasteiger partial charge on any atom is 0.220 e. The van der Waals surface area contributed by atoms with Gasteiger partial charge in [-0.25, -0.2) is 8.42 Å². The van der Waals surface area contributed by atoms with Crippen LogP contribution in [0.25, 0.3) is 0 Å². The number of carbonyl (C=O) groups is 1. The summed E-state index contributed by atoms with van der Waals surface area (Å²) in [5, 5.41) is 2.70. The molecule has 0 atom stereocenters. The van der Waals surface area contributed by atoms with Crippen molar-refractivity contribution in [1.82, 2.24) is 14.5 Å². The Bertz CT molecular complexity index is 641. The van der Waals surface area contributed by atoms with Gasteiger partial charge in [-0.05, 0) is 18.4 Å². The van der Waals surface area contributed by atoms with Gasteiger partial charge in [-0.15, -0.1) is 0 Å². The van der Waals surface area contributed by atoms with E-state index in [1.807, 2.05) is 25.1 Å². The van der Waals surface area contributed by atoms with E-state index in [1.165, 1.54) is 5.56 Å². The number of hydrogen-bond donors (Lipinski definition) is 1. The molecule has 0 spiro atoms. The molecule has 1 aliphatic heterocycles. The molecule has 0 saturated carbocycles. The van der Waals surface area contributed by atoms with Crippen molar-refractivity contribution < 1.29 is 13.2 Å². The molecule has 0 aromatic heterocycles. The van der Waals surface area contributed by atoms with Crippen molar-refractivity contribution in [1.29, 1.82) is 0 Å². The third-order valence-electron chi connectivity index (χ3n) is 4.72. The molecular formula is C19H31N3O3S. The first-order valence-electron chi connectivity index (χ1n) is 9.52. The summed E-state index contributed by atoms with van der Waals surface area (Å²) in [6.45, 7) is 5.74. The van der Waals surface area contributed by atoms with Crippen LogP contribution >= 0.6 is 0 Å². The number of piperazine rings is 1. The average Bonchev–Trinajstić information content (AvgIpc) is 2.66. The van der Waals surface area contributed by atoms with Crippen molar-refractivity contribution in [3.05, 3.63) is 35.9 Å². The number of nitrogens with one attached hydrogen (secondary N) is 1. The zero-order chi connectivity index (χ0) is 18.8. The zero-order valence-corrected chi connectivity index (χ0v) is 16.5. The molecule has 146 valence electrons. The summed E-state index contributed by atoms with van der Waals surface area (Å²) in [5.41, 5.74) is 1.31. The summed E-state index contributed by atoms with van der Waals surface area (Å²) in [4.78, 5) is 13.9. The van der Waals surface area contributed by atoms with Crippen LogP contribution in [0.3, 0.4) is 0 Å². The Morgan fingerprint density at radius 3 is 2.46 bits per heavy atom. The number of sulfonamides is 1. The molecule has 1 amide bonds. The first-order chi connectivity index (χ1) is 12.5. The molecular weight excluding hydrogens is 350 g/mol. The van der Waals surface area contributed by atoms with Crippen molar-refractivity contribution in [2.75, 3.05) is 45.0 Å². The van der Waals surface area contributed by atoms with Crippen molar-refractivity contribution in [3.63, 3.8) is 0 Å². The predicted molar refractivity (Wildman–Crippen MR) is 104 cm³/mol. The smallest absolute Gasteiger partial charge is 0.220 e. The summed E-state index contributed by atoms with van der Waals surface area (Å²) in [6.07, 6.45) is 3.25. The summed E-state index contributed by atoms with van der Waals surface area (Å²) < 4.78 is 26.4. The van der Waals surface area contributed by atoms with E-state index in [2.05, 4.69) is 22.3 Å². The van der Waals surface area contributed by atoms with E-state index in [0.717, 1.165) is 38.9 Å². The molecule has 0 aliphatic carbocycles. The van der Waals surface area contributed by atoms with E-state index >= 15 is 0 Å². The minimum Gasteiger partial charge on any atom is -0.355 e. The van der Waals surface area contributed by atoms with Gasteiger partial charge in [-0.2, -0.15) is 4.31 Å². The van der Waals surface area contributed by atoms with E-state index in [4.69, 9.17) is 0 Å². The fourth-order valence-corrected chi connectivity index (χ4v) is 4.38. The van der Waals surface area contributed by atoms with E-state index in [9.17, 15) is 13.2 Å². The van der Waals surface area contributed by atoms with Gasteiger partial charge in [0.15, 0.2) is 0 Å². The van der Waals surface area contributed by atoms with Gasteiger partial charge in [-0.1, -0.05) is 43.7 Å². The molecule has 6 nitrogen and oxygen atoms in total. The number of benzene rings is 1. The summed E-state index contributed by atoms with van der Waals surface area (Å²) in [7, 11) is -3.30. The molecule has 1 aromatic carbocycles. The van der Waals surface area contributed by atoms with Crippen LogP contribution in [0.15, 0.2) is 30.3 Å². The number of unbranched alkanes of at least 4 members (excludes halogenated alkanes) is 1. The van der Waals surface area contributed by atoms with Crippen LogP contribution in [0.1, 0.15) is 31.7 Å². The molecule has 1 heterocycles. The van der Waals surface area contributed by atoms with E-state index < -0.39 is 10.0 Å². The first-order valence-corrected chi connectivity index (χ1v) is 11.1. The number of hydrogen-bond acceptors (Lipinski definition) is 4. The Hall–Kier alpha value is -1.44. The van der Waals surface area contributed by atoms with Gasteiger partial charge in [0.05, 0.1) is 5.75 Å². The second kappa shape index (κ2) is 10.6. The zero-order valence-electron chi connectivity index (χ0n) is 15.7. The molecule has 26 heavy (non-hydrogen) atoms. The SMILES string of the molecule is CCCCC(=O)NCCS(=O)(=O)N1CCN(CCc2ccccc2)CC1. The van der Waals surface area contributed by atoms with Crippen LogP contribution in [-0.4, -0.2) is 68.6 Å². The highest BCUT2D eigenvalue weighted by Crippen LogP contribution is 2.09. The summed E-state index contributed by atoms with van der Waals surface area (Å²) in [6, 6.07) is 10.3. The van der Waals surface area contributed by atoms with Gasteiger partial charge < -0.3 is 10.2 Å². The highest BCUT2D eigenvalue weighted by molar-refractivity contribution is 7.89. The van der Waals surface area contributed by atoms with Crippen LogP contribution < -0.4 is 5.32 Å². The Balaban J connectivity index is 1.68. The Morgan fingerprint density at radius 1 is 1.12 bits per heavy atom. The summed E-state index contributed by atoms with van der Waals surface area (Å²) >= 11 is 0. The number of rotatable bonds is 10. The van der Waals surface area contributed by atoms with Gasteiger partial charge >= 0.3 is 0 Å². The molecule has 0 radical (unpaired) electrons. The first kappa shape index (κ1) is 20.9. The van der Waals surface area contributed by atoms with E-state index in [0.29, 0.717) is 19.5 Å². The lowest BCUT2D eigenvalue weighted by Crippen LogP contribution is -2.50. The van der Waals surface area contributed by atoms with Gasteiger partial charge in [0, 0.05) is 45.7 Å². The van der Waals surface area contributed by atoms with Crippen molar-refractivity contribution in [2.24, 2.45) is 0 Å². The monoisotopic (exact) mass is 381 g/mol. The van der Waals surface area contributed by atoms with Crippen LogP contribution in [0.4, 0.5) is 0 Å². The van der Waals surface area contributed by atoms with Crippen LogP contribution in [0.5, 0.6) is 0 Å². The molecule has 1 N–H and O–H groups in total. The Kier molecular flexibility index (Phi) is 8.54. The number of nitrogens with zero attached hydrogens (tertiary/aromatic N) is 2. The van der Waals surface area contributed by atoms with Gasteiger partial charge in [0.25, 0.3) is 0 Å². The van der Waals surface area contributed by atoms with Gasteiger partial charge in [-0.3, -0.25) is 4.79 Å². The minimum absolute atomic E-state index is 0.0190. The van der Waals surface area contributed by atoms with E-state index in [-0.39, 0.29) is 18.2 Å². The molecule has 1 fully saturated rings. The van der Waals surface area contributed by atoms with Crippen LogP contribution in [0, 0.1) is 0 Å².